The number of nitrogens with zero attached hydrogens (tertiary/aromatic N) is 2. The first-order valence-corrected chi connectivity index (χ1v) is 10.8. The fraction of sp³-hybridized carbons (Fsp3) is 0.476. The zero-order valence-corrected chi connectivity index (χ0v) is 16.5. The number of pyridine rings is 1. The molecule has 1 amide bonds. The van der Waals surface area contributed by atoms with Crippen LogP contribution >= 0.6 is 11.8 Å². The van der Waals surface area contributed by atoms with Gasteiger partial charge in [-0.15, -0.1) is 0 Å². The second-order valence-electron chi connectivity index (χ2n) is 7.12. The molecule has 7 heteroatoms. The van der Waals surface area contributed by atoms with Crippen LogP contribution in [0.4, 0.5) is 0 Å². The Morgan fingerprint density at radius 2 is 2.25 bits per heavy atom. The molecule has 2 aromatic heterocycles. The fourth-order valence-electron chi connectivity index (χ4n) is 3.84. The van der Waals surface area contributed by atoms with Crippen molar-refractivity contribution in [2.24, 2.45) is 0 Å². The van der Waals surface area contributed by atoms with Gasteiger partial charge in [0.2, 0.25) is 5.91 Å². The minimum absolute atomic E-state index is 0.0662. The van der Waals surface area contributed by atoms with E-state index in [1.165, 1.54) is 11.8 Å². The van der Waals surface area contributed by atoms with Crippen LogP contribution in [0.2, 0.25) is 0 Å². The predicted molar refractivity (Wildman–Crippen MR) is 106 cm³/mol. The lowest BCUT2D eigenvalue weighted by Crippen LogP contribution is -2.32. The van der Waals surface area contributed by atoms with Crippen molar-refractivity contribution in [3.8, 4) is 17.4 Å². The number of aryl methyl sites for hydroxylation is 1. The minimum atomic E-state index is -0.0662. The molecule has 3 heterocycles. The van der Waals surface area contributed by atoms with E-state index in [9.17, 15) is 10.1 Å². The molecule has 1 atom stereocenters. The number of nitrogens with one attached hydrogen (secondary N) is 1. The summed E-state index contributed by atoms with van der Waals surface area (Å²) in [4.78, 5) is 17.0. The fourth-order valence-corrected chi connectivity index (χ4v) is 4.67. The normalized spacial score (nSPS) is 18.5. The molecular formula is C21H23N3O3S. The summed E-state index contributed by atoms with van der Waals surface area (Å²) in [5, 5.41) is 13.4. The zero-order chi connectivity index (χ0) is 19.3. The van der Waals surface area contributed by atoms with E-state index in [0.717, 1.165) is 62.0 Å². The third kappa shape index (κ3) is 4.08. The van der Waals surface area contributed by atoms with Gasteiger partial charge >= 0.3 is 0 Å². The smallest absolute Gasteiger partial charge is 0.230 e. The zero-order valence-electron chi connectivity index (χ0n) is 15.7. The summed E-state index contributed by atoms with van der Waals surface area (Å²) >= 11 is 1.32. The van der Waals surface area contributed by atoms with Gasteiger partial charge in [-0.05, 0) is 56.2 Å². The number of nitriles is 1. The molecule has 4 rings (SSSR count). The van der Waals surface area contributed by atoms with Crippen molar-refractivity contribution in [2.75, 3.05) is 18.9 Å². The quantitative estimate of drug-likeness (QED) is 0.751. The first-order valence-electron chi connectivity index (χ1n) is 9.77. The van der Waals surface area contributed by atoms with E-state index >= 15 is 0 Å². The Kier molecular flexibility index (Phi) is 5.98. The molecule has 146 valence electrons. The van der Waals surface area contributed by atoms with Crippen molar-refractivity contribution < 1.29 is 13.9 Å². The first-order chi connectivity index (χ1) is 13.8. The summed E-state index contributed by atoms with van der Waals surface area (Å²) < 4.78 is 11.2. The lowest BCUT2D eigenvalue weighted by Gasteiger charge is -2.20. The second kappa shape index (κ2) is 8.80. The van der Waals surface area contributed by atoms with Crippen molar-refractivity contribution >= 4 is 17.7 Å². The Labute approximate surface area is 168 Å². The van der Waals surface area contributed by atoms with E-state index in [0.29, 0.717) is 22.9 Å². The number of fused-ring (bicyclic) bond motifs is 1. The highest BCUT2D eigenvalue weighted by atomic mass is 32.2. The Morgan fingerprint density at radius 1 is 1.36 bits per heavy atom. The maximum Gasteiger partial charge on any atom is 0.230 e. The molecule has 2 aromatic rings. The number of amides is 1. The molecular weight excluding hydrogens is 374 g/mol. The van der Waals surface area contributed by atoms with Crippen molar-refractivity contribution in [2.45, 2.75) is 49.7 Å². The Hall–Kier alpha value is -2.30. The van der Waals surface area contributed by atoms with Crippen LogP contribution in [0, 0.1) is 11.3 Å². The van der Waals surface area contributed by atoms with E-state index in [1.807, 2.05) is 12.1 Å². The third-order valence-electron chi connectivity index (χ3n) is 5.21. The van der Waals surface area contributed by atoms with Gasteiger partial charge in [-0.3, -0.25) is 4.79 Å². The average molecular weight is 398 g/mol. The molecule has 6 nitrogen and oxygen atoms in total. The van der Waals surface area contributed by atoms with Gasteiger partial charge in [-0.2, -0.15) is 5.26 Å². The summed E-state index contributed by atoms with van der Waals surface area (Å²) in [7, 11) is 0. The van der Waals surface area contributed by atoms with Crippen LogP contribution in [-0.4, -0.2) is 35.9 Å². The highest BCUT2D eigenvalue weighted by molar-refractivity contribution is 8.00. The third-order valence-corrected chi connectivity index (χ3v) is 6.19. The van der Waals surface area contributed by atoms with Gasteiger partial charge in [0.25, 0.3) is 0 Å². The molecule has 1 saturated heterocycles. The lowest BCUT2D eigenvalue weighted by atomic mass is 9.89. The van der Waals surface area contributed by atoms with Gasteiger partial charge in [-0.1, -0.05) is 11.8 Å². The van der Waals surface area contributed by atoms with Gasteiger partial charge in [0.1, 0.15) is 16.9 Å². The average Bonchev–Trinajstić information content (AvgIpc) is 3.43. The van der Waals surface area contributed by atoms with Crippen LogP contribution in [-0.2, 0) is 22.4 Å². The molecule has 2 aliphatic rings. The second-order valence-corrected chi connectivity index (χ2v) is 8.08. The SMILES string of the molecule is N#Cc1c(SCC(=O)NC[C@H]2CCCO2)nc2c(c1-c1ccco1)CCCC2. The van der Waals surface area contributed by atoms with E-state index in [-0.39, 0.29) is 17.8 Å². The Morgan fingerprint density at radius 3 is 3.00 bits per heavy atom. The van der Waals surface area contributed by atoms with Crippen LogP contribution in [0.15, 0.2) is 27.8 Å². The summed E-state index contributed by atoms with van der Waals surface area (Å²) in [6.45, 7) is 1.31. The van der Waals surface area contributed by atoms with Crippen LogP contribution in [0.25, 0.3) is 11.3 Å². The molecule has 1 aliphatic carbocycles. The van der Waals surface area contributed by atoms with Crippen molar-refractivity contribution in [3.63, 3.8) is 0 Å². The number of carbonyl (C=O) groups is 1. The van der Waals surface area contributed by atoms with E-state index < -0.39 is 0 Å². The molecule has 28 heavy (non-hydrogen) atoms. The number of aromatic nitrogens is 1. The van der Waals surface area contributed by atoms with E-state index in [1.54, 1.807) is 6.26 Å². The van der Waals surface area contributed by atoms with Crippen molar-refractivity contribution in [1.82, 2.24) is 10.3 Å². The Balaban J connectivity index is 1.54. The first kappa shape index (κ1) is 19.0. The molecule has 1 aliphatic heterocycles. The van der Waals surface area contributed by atoms with Crippen LogP contribution < -0.4 is 5.32 Å². The number of hydrogen-bond donors (Lipinski definition) is 1. The number of hydrogen-bond acceptors (Lipinski definition) is 6. The highest BCUT2D eigenvalue weighted by Gasteiger charge is 2.25. The number of rotatable bonds is 6. The highest BCUT2D eigenvalue weighted by Crippen LogP contribution is 2.37. The molecule has 0 saturated carbocycles. The van der Waals surface area contributed by atoms with Crippen molar-refractivity contribution in [3.05, 3.63) is 35.2 Å². The monoisotopic (exact) mass is 397 g/mol. The largest absolute Gasteiger partial charge is 0.464 e. The molecule has 0 unspecified atom stereocenters. The molecule has 0 radical (unpaired) electrons. The van der Waals surface area contributed by atoms with Crippen molar-refractivity contribution in [1.29, 1.82) is 5.26 Å². The topological polar surface area (TPSA) is 88.2 Å². The molecule has 1 N–H and O–H groups in total. The van der Waals surface area contributed by atoms with Gasteiger partial charge in [0, 0.05) is 24.4 Å². The Bertz CT molecular complexity index is 883. The number of carbonyl (C=O) groups excluding carboxylic acids is 1. The van der Waals surface area contributed by atoms with Crippen LogP contribution in [0.1, 0.15) is 42.5 Å². The van der Waals surface area contributed by atoms with Gasteiger partial charge in [0.15, 0.2) is 0 Å². The van der Waals surface area contributed by atoms with Gasteiger partial charge in [-0.25, -0.2) is 4.98 Å². The minimum Gasteiger partial charge on any atom is -0.464 e. The molecule has 0 spiro atoms. The number of ether oxygens (including phenoxy) is 1. The van der Waals surface area contributed by atoms with Gasteiger partial charge < -0.3 is 14.5 Å². The number of thioether (sulfide) groups is 1. The maximum atomic E-state index is 12.3. The van der Waals surface area contributed by atoms with Crippen LogP contribution in [0.5, 0.6) is 0 Å². The summed E-state index contributed by atoms with van der Waals surface area (Å²) in [5.41, 5.74) is 3.50. The lowest BCUT2D eigenvalue weighted by molar-refractivity contribution is -0.119. The standard InChI is InChI=1S/C21H23N3O3S/c22-11-16-20(18-8-4-10-27-18)15-6-1-2-7-17(15)24-21(16)28-13-19(25)23-12-14-5-3-9-26-14/h4,8,10,14H,1-3,5-7,9,12-13H2,(H,23,25)/t14-/m1/s1. The van der Waals surface area contributed by atoms with Crippen LogP contribution in [0.3, 0.4) is 0 Å². The summed E-state index contributed by atoms with van der Waals surface area (Å²) in [5.74, 6) is 0.857. The summed E-state index contributed by atoms with van der Waals surface area (Å²) in [6.07, 6.45) is 7.77. The predicted octanol–water partition coefficient (Wildman–Crippen LogP) is 3.48. The summed E-state index contributed by atoms with van der Waals surface area (Å²) in [6, 6.07) is 6.02. The molecule has 0 bridgehead atoms. The maximum absolute atomic E-state index is 12.3. The molecule has 1 fully saturated rings. The molecule has 0 aromatic carbocycles. The van der Waals surface area contributed by atoms with E-state index in [4.69, 9.17) is 14.1 Å². The number of furan rings is 1. The van der Waals surface area contributed by atoms with E-state index in [2.05, 4.69) is 11.4 Å². The van der Waals surface area contributed by atoms with Gasteiger partial charge in [0.05, 0.1) is 23.7 Å².